The summed E-state index contributed by atoms with van der Waals surface area (Å²) in [6.07, 6.45) is 0. The van der Waals surface area contributed by atoms with E-state index < -0.39 is 0 Å². The standard InChI is InChI=1S/C8H10BrIS/c1-8(2,3)7-5(9)4-6(10)11-7/h4H,1-3H3. The molecule has 0 aliphatic heterocycles. The molecular formula is C8H10BrIS. The van der Waals surface area contributed by atoms with Gasteiger partial charge >= 0.3 is 0 Å². The Morgan fingerprint density at radius 3 is 2.18 bits per heavy atom. The molecule has 0 amide bonds. The fourth-order valence-electron chi connectivity index (χ4n) is 0.852. The highest BCUT2D eigenvalue weighted by Gasteiger charge is 2.19. The van der Waals surface area contributed by atoms with Gasteiger partial charge in [-0.1, -0.05) is 20.8 Å². The second-order valence-electron chi connectivity index (χ2n) is 3.48. The zero-order valence-electron chi connectivity index (χ0n) is 6.74. The third kappa shape index (κ3) is 2.42. The molecule has 11 heavy (non-hydrogen) atoms. The third-order valence-corrected chi connectivity index (χ3v) is 4.55. The molecule has 0 unspecified atom stereocenters. The topological polar surface area (TPSA) is 0 Å². The Bertz CT molecular complexity index is 260. The average Bonchev–Trinajstić information content (AvgIpc) is 2.08. The molecule has 1 rings (SSSR count). The first-order chi connectivity index (χ1) is 4.91. The number of thiophene rings is 1. The summed E-state index contributed by atoms with van der Waals surface area (Å²) < 4.78 is 2.60. The van der Waals surface area contributed by atoms with Crippen molar-refractivity contribution in [1.29, 1.82) is 0 Å². The lowest BCUT2D eigenvalue weighted by Crippen LogP contribution is -2.08. The number of halogens is 2. The molecule has 0 spiro atoms. The van der Waals surface area contributed by atoms with Crippen LogP contribution in [-0.2, 0) is 5.41 Å². The van der Waals surface area contributed by atoms with Gasteiger partial charge in [0, 0.05) is 9.35 Å². The molecular weight excluding hydrogens is 335 g/mol. The van der Waals surface area contributed by atoms with Gasteiger partial charge in [0.2, 0.25) is 0 Å². The number of hydrogen-bond donors (Lipinski definition) is 0. The maximum atomic E-state index is 3.56. The van der Waals surface area contributed by atoms with Gasteiger partial charge in [-0.3, -0.25) is 0 Å². The van der Waals surface area contributed by atoms with Crippen LogP contribution in [0.4, 0.5) is 0 Å². The van der Waals surface area contributed by atoms with Crippen LogP contribution in [0, 0.1) is 2.88 Å². The lowest BCUT2D eigenvalue weighted by atomic mass is 9.95. The molecule has 1 heterocycles. The van der Waals surface area contributed by atoms with Crippen LogP contribution in [0.1, 0.15) is 25.6 Å². The molecule has 0 aliphatic rings. The second-order valence-corrected chi connectivity index (χ2v) is 7.28. The molecule has 0 aliphatic carbocycles. The van der Waals surface area contributed by atoms with Gasteiger partial charge in [-0.05, 0) is 50.0 Å². The van der Waals surface area contributed by atoms with E-state index in [0.29, 0.717) is 0 Å². The van der Waals surface area contributed by atoms with Gasteiger partial charge in [0.05, 0.1) is 2.88 Å². The minimum atomic E-state index is 0.271. The highest BCUT2D eigenvalue weighted by atomic mass is 127. The van der Waals surface area contributed by atoms with Crippen LogP contribution in [0.5, 0.6) is 0 Å². The molecule has 0 nitrogen and oxygen atoms in total. The van der Waals surface area contributed by atoms with Crippen LogP contribution in [0.3, 0.4) is 0 Å². The van der Waals surface area contributed by atoms with Crippen LogP contribution in [-0.4, -0.2) is 0 Å². The number of hydrogen-bond acceptors (Lipinski definition) is 1. The quantitative estimate of drug-likeness (QED) is 0.611. The molecule has 62 valence electrons. The third-order valence-electron chi connectivity index (χ3n) is 1.34. The van der Waals surface area contributed by atoms with Crippen LogP contribution in [0.25, 0.3) is 0 Å². The van der Waals surface area contributed by atoms with Gasteiger partial charge in [0.1, 0.15) is 0 Å². The van der Waals surface area contributed by atoms with E-state index in [4.69, 9.17) is 0 Å². The number of rotatable bonds is 0. The summed E-state index contributed by atoms with van der Waals surface area (Å²) in [5, 5.41) is 0. The smallest absolute Gasteiger partial charge is 0.0668 e. The molecule has 0 fully saturated rings. The van der Waals surface area contributed by atoms with Crippen molar-refractivity contribution in [3.63, 3.8) is 0 Å². The van der Waals surface area contributed by atoms with E-state index in [2.05, 4.69) is 65.4 Å². The zero-order valence-corrected chi connectivity index (χ0v) is 11.3. The van der Waals surface area contributed by atoms with Crippen molar-refractivity contribution >= 4 is 49.9 Å². The van der Waals surface area contributed by atoms with E-state index in [-0.39, 0.29) is 5.41 Å². The molecule has 0 saturated heterocycles. The molecule has 1 aromatic heterocycles. The van der Waals surface area contributed by atoms with E-state index >= 15 is 0 Å². The maximum Gasteiger partial charge on any atom is 0.0668 e. The van der Waals surface area contributed by atoms with Gasteiger partial charge in [-0.15, -0.1) is 11.3 Å². The van der Waals surface area contributed by atoms with Gasteiger partial charge in [0.15, 0.2) is 0 Å². The van der Waals surface area contributed by atoms with Crippen molar-refractivity contribution in [1.82, 2.24) is 0 Å². The van der Waals surface area contributed by atoms with Crippen molar-refractivity contribution in [3.05, 3.63) is 18.3 Å². The van der Waals surface area contributed by atoms with E-state index in [9.17, 15) is 0 Å². The lowest BCUT2D eigenvalue weighted by Gasteiger charge is -2.16. The Morgan fingerprint density at radius 2 is 2.00 bits per heavy atom. The summed E-state index contributed by atoms with van der Waals surface area (Å²) >= 11 is 7.77. The minimum absolute atomic E-state index is 0.271. The summed E-state index contributed by atoms with van der Waals surface area (Å²) in [5.74, 6) is 0. The SMILES string of the molecule is CC(C)(C)c1sc(I)cc1Br. The van der Waals surface area contributed by atoms with Crippen LogP contribution >= 0.6 is 49.9 Å². The molecule has 0 aromatic carbocycles. The Kier molecular flexibility index (Phi) is 3.03. The molecule has 0 bridgehead atoms. The van der Waals surface area contributed by atoms with Gasteiger partial charge in [-0.2, -0.15) is 0 Å². The largest absolute Gasteiger partial charge is 0.132 e. The first kappa shape index (κ1) is 9.99. The van der Waals surface area contributed by atoms with Gasteiger partial charge in [0.25, 0.3) is 0 Å². The fourth-order valence-corrected chi connectivity index (χ4v) is 4.30. The fraction of sp³-hybridized carbons (Fsp3) is 0.500. The molecule has 0 radical (unpaired) electrons. The van der Waals surface area contributed by atoms with E-state index in [1.165, 1.54) is 12.2 Å². The molecule has 0 atom stereocenters. The summed E-state index contributed by atoms with van der Waals surface area (Å²) in [7, 11) is 0. The lowest BCUT2D eigenvalue weighted by molar-refractivity contribution is 0.601. The van der Waals surface area contributed by atoms with Crippen LogP contribution in [0.2, 0.25) is 0 Å². The Hall–Kier alpha value is 0.910. The molecule has 0 N–H and O–H groups in total. The normalized spacial score (nSPS) is 12.1. The molecule has 1 aromatic rings. The summed E-state index contributed by atoms with van der Waals surface area (Å²) in [5.41, 5.74) is 0.271. The van der Waals surface area contributed by atoms with Crippen molar-refractivity contribution < 1.29 is 0 Å². The van der Waals surface area contributed by atoms with Crippen LogP contribution in [0.15, 0.2) is 10.5 Å². The predicted molar refractivity (Wildman–Crippen MR) is 63.4 cm³/mol. The van der Waals surface area contributed by atoms with E-state index in [0.717, 1.165) is 0 Å². The van der Waals surface area contributed by atoms with Crippen molar-refractivity contribution in [2.45, 2.75) is 26.2 Å². The minimum Gasteiger partial charge on any atom is -0.132 e. The van der Waals surface area contributed by atoms with Crippen molar-refractivity contribution in [2.24, 2.45) is 0 Å². The first-order valence-electron chi connectivity index (χ1n) is 3.36. The van der Waals surface area contributed by atoms with Crippen LogP contribution < -0.4 is 0 Å². The summed E-state index contributed by atoms with van der Waals surface area (Å²) in [4.78, 5) is 1.43. The summed E-state index contributed by atoms with van der Waals surface area (Å²) in [6, 6.07) is 2.17. The van der Waals surface area contributed by atoms with Crippen molar-refractivity contribution in [2.75, 3.05) is 0 Å². The van der Waals surface area contributed by atoms with E-state index in [1.807, 2.05) is 11.3 Å². The predicted octanol–water partition coefficient (Wildman–Crippen LogP) is 4.41. The first-order valence-corrected chi connectivity index (χ1v) is 6.05. The monoisotopic (exact) mass is 344 g/mol. The van der Waals surface area contributed by atoms with Gasteiger partial charge in [-0.25, -0.2) is 0 Å². The molecule has 3 heteroatoms. The second kappa shape index (κ2) is 3.34. The van der Waals surface area contributed by atoms with E-state index in [1.54, 1.807) is 0 Å². The maximum absolute atomic E-state index is 3.56. The van der Waals surface area contributed by atoms with Crippen molar-refractivity contribution in [3.8, 4) is 0 Å². The molecule has 0 saturated carbocycles. The highest BCUT2D eigenvalue weighted by molar-refractivity contribution is 14.1. The Morgan fingerprint density at radius 1 is 1.45 bits per heavy atom. The summed E-state index contributed by atoms with van der Waals surface area (Å²) in [6.45, 7) is 6.71. The van der Waals surface area contributed by atoms with Gasteiger partial charge < -0.3 is 0 Å². The highest BCUT2D eigenvalue weighted by Crippen LogP contribution is 2.37. The Labute approximate surface area is 93.7 Å². The average molecular weight is 345 g/mol. The Balaban J connectivity index is 3.13. The zero-order chi connectivity index (χ0) is 8.65.